The minimum Gasteiger partial charge on any atom is -0.326 e. The smallest absolute Gasteiger partial charge is 0.274 e. The molecule has 0 saturated carbocycles. The first-order chi connectivity index (χ1) is 7.18. The number of hydrogen-bond acceptors (Lipinski definition) is 2. The van der Waals surface area contributed by atoms with Gasteiger partial charge in [-0.15, -0.1) is 0 Å². The van der Waals surface area contributed by atoms with Gasteiger partial charge in [0.2, 0.25) is 0 Å². The van der Waals surface area contributed by atoms with E-state index >= 15 is 0 Å². The molecule has 0 aliphatic heterocycles. The summed E-state index contributed by atoms with van der Waals surface area (Å²) in [4.78, 5) is 17.9. The highest BCUT2D eigenvalue weighted by molar-refractivity contribution is 6.42. The van der Waals surface area contributed by atoms with E-state index in [2.05, 4.69) is 9.97 Å². The summed E-state index contributed by atoms with van der Waals surface area (Å²) >= 11 is 11.6. The number of nitrogens with one attached hydrogen (secondary N) is 1. The van der Waals surface area contributed by atoms with E-state index in [1.165, 1.54) is 12.4 Å². The normalized spacial score (nSPS) is 10.3. The molecule has 0 spiro atoms. The van der Waals surface area contributed by atoms with Gasteiger partial charge in [0.05, 0.1) is 10.0 Å². The Balaban J connectivity index is 2.60. The summed E-state index contributed by atoms with van der Waals surface area (Å²) in [5.41, 5.74) is 0.721. The first-order valence-corrected chi connectivity index (χ1v) is 4.93. The van der Waals surface area contributed by atoms with Gasteiger partial charge in [0.25, 0.3) is 5.56 Å². The molecular weight excluding hydrogens is 235 g/mol. The summed E-state index contributed by atoms with van der Waals surface area (Å²) in [5.74, 6) is 0. The SMILES string of the molecule is O=c1[nH]ccnc1-c1ccc(Cl)c(Cl)c1. The molecule has 15 heavy (non-hydrogen) atoms. The summed E-state index contributed by atoms with van der Waals surface area (Å²) in [6.07, 6.45) is 2.99. The summed E-state index contributed by atoms with van der Waals surface area (Å²) in [7, 11) is 0. The quantitative estimate of drug-likeness (QED) is 0.834. The Morgan fingerprint density at radius 3 is 2.67 bits per heavy atom. The lowest BCUT2D eigenvalue weighted by Crippen LogP contribution is -2.09. The first kappa shape index (κ1) is 10.2. The van der Waals surface area contributed by atoms with Crippen LogP contribution in [0, 0.1) is 0 Å². The molecular formula is C10H6Cl2N2O. The molecule has 1 heterocycles. The molecule has 5 heteroatoms. The third kappa shape index (κ3) is 2.03. The van der Waals surface area contributed by atoms with Crippen molar-refractivity contribution in [2.75, 3.05) is 0 Å². The molecule has 0 fully saturated rings. The van der Waals surface area contributed by atoms with Crippen LogP contribution in [0.15, 0.2) is 35.4 Å². The fraction of sp³-hybridized carbons (Fsp3) is 0. The zero-order valence-corrected chi connectivity index (χ0v) is 9.01. The van der Waals surface area contributed by atoms with Crippen LogP contribution in [0.1, 0.15) is 0 Å². The van der Waals surface area contributed by atoms with Gasteiger partial charge in [-0.1, -0.05) is 29.3 Å². The Morgan fingerprint density at radius 2 is 2.00 bits per heavy atom. The molecule has 0 unspecified atom stereocenters. The monoisotopic (exact) mass is 240 g/mol. The molecule has 0 aliphatic carbocycles. The summed E-state index contributed by atoms with van der Waals surface area (Å²) in [6, 6.07) is 4.95. The van der Waals surface area contributed by atoms with Crippen LogP contribution >= 0.6 is 23.2 Å². The lowest BCUT2D eigenvalue weighted by Gasteiger charge is -2.00. The Bertz CT molecular complexity index is 551. The predicted octanol–water partition coefficient (Wildman–Crippen LogP) is 2.74. The predicted molar refractivity (Wildman–Crippen MR) is 60.3 cm³/mol. The van der Waals surface area contributed by atoms with Crippen LogP contribution in [-0.4, -0.2) is 9.97 Å². The fourth-order valence-electron chi connectivity index (χ4n) is 1.20. The maximum absolute atomic E-state index is 11.4. The Hall–Kier alpha value is -1.32. The molecule has 3 nitrogen and oxygen atoms in total. The van der Waals surface area contributed by atoms with Crippen LogP contribution in [0.5, 0.6) is 0 Å². The molecule has 1 aromatic heterocycles. The summed E-state index contributed by atoms with van der Waals surface area (Å²) in [5, 5.41) is 0.854. The Morgan fingerprint density at radius 1 is 1.20 bits per heavy atom. The van der Waals surface area contributed by atoms with Crippen molar-refractivity contribution in [3.8, 4) is 11.3 Å². The second kappa shape index (κ2) is 4.04. The number of aromatic nitrogens is 2. The van der Waals surface area contributed by atoms with E-state index in [0.717, 1.165) is 0 Å². The zero-order valence-electron chi connectivity index (χ0n) is 7.50. The van der Waals surface area contributed by atoms with E-state index in [1.807, 2.05) is 0 Å². The topological polar surface area (TPSA) is 45.8 Å². The van der Waals surface area contributed by atoms with Crippen molar-refractivity contribution < 1.29 is 0 Å². The molecule has 0 radical (unpaired) electrons. The third-order valence-corrected chi connectivity index (χ3v) is 2.64. The van der Waals surface area contributed by atoms with Crippen LogP contribution < -0.4 is 5.56 Å². The van der Waals surface area contributed by atoms with Crippen molar-refractivity contribution >= 4 is 23.2 Å². The summed E-state index contributed by atoms with van der Waals surface area (Å²) < 4.78 is 0. The maximum Gasteiger partial charge on any atom is 0.274 e. The lowest BCUT2D eigenvalue weighted by molar-refractivity contribution is 1.14. The lowest BCUT2D eigenvalue weighted by atomic mass is 10.1. The van der Waals surface area contributed by atoms with Gasteiger partial charge in [0.15, 0.2) is 0 Å². The largest absolute Gasteiger partial charge is 0.326 e. The average Bonchev–Trinajstić information content (AvgIpc) is 2.23. The van der Waals surface area contributed by atoms with Gasteiger partial charge in [0, 0.05) is 18.0 Å². The maximum atomic E-state index is 11.4. The van der Waals surface area contributed by atoms with Crippen molar-refractivity contribution in [3.63, 3.8) is 0 Å². The van der Waals surface area contributed by atoms with Crippen molar-refractivity contribution in [1.82, 2.24) is 9.97 Å². The minimum absolute atomic E-state index is 0.254. The van der Waals surface area contributed by atoms with Gasteiger partial charge in [0.1, 0.15) is 5.69 Å². The molecule has 0 aliphatic rings. The number of hydrogen-bond donors (Lipinski definition) is 1. The number of aromatic amines is 1. The molecule has 76 valence electrons. The fourth-order valence-corrected chi connectivity index (χ4v) is 1.50. The second-order valence-electron chi connectivity index (χ2n) is 2.90. The van der Waals surface area contributed by atoms with Gasteiger partial charge in [-0.05, 0) is 12.1 Å². The van der Waals surface area contributed by atoms with Gasteiger partial charge < -0.3 is 4.98 Å². The number of H-pyrrole nitrogens is 1. The highest BCUT2D eigenvalue weighted by atomic mass is 35.5. The van der Waals surface area contributed by atoms with Crippen LogP contribution in [-0.2, 0) is 0 Å². The molecule has 1 N–H and O–H groups in total. The van der Waals surface area contributed by atoms with Crippen molar-refractivity contribution in [1.29, 1.82) is 0 Å². The van der Waals surface area contributed by atoms with E-state index < -0.39 is 0 Å². The first-order valence-electron chi connectivity index (χ1n) is 4.17. The minimum atomic E-state index is -0.254. The van der Waals surface area contributed by atoms with Gasteiger partial charge in [-0.25, -0.2) is 4.98 Å². The van der Waals surface area contributed by atoms with Crippen molar-refractivity contribution in [2.45, 2.75) is 0 Å². The number of rotatable bonds is 1. The van der Waals surface area contributed by atoms with Crippen molar-refractivity contribution in [3.05, 3.63) is 51.0 Å². The van der Waals surface area contributed by atoms with E-state index in [0.29, 0.717) is 21.3 Å². The Labute approximate surface area is 95.7 Å². The molecule has 0 amide bonds. The average molecular weight is 241 g/mol. The van der Waals surface area contributed by atoms with E-state index in [1.54, 1.807) is 18.2 Å². The highest BCUT2D eigenvalue weighted by Gasteiger charge is 2.06. The summed E-state index contributed by atoms with van der Waals surface area (Å²) in [6.45, 7) is 0. The number of benzene rings is 1. The third-order valence-electron chi connectivity index (χ3n) is 1.90. The van der Waals surface area contributed by atoms with Crippen LogP contribution in [0.2, 0.25) is 10.0 Å². The van der Waals surface area contributed by atoms with Crippen molar-refractivity contribution in [2.24, 2.45) is 0 Å². The standard InChI is InChI=1S/C10H6Cl2N2O/c11-7-2-1-6(5-8(7)12)9-10(15)14-4-3-13-9/h1-5H,(H,14,15). The van der Waals surface area contributed by atoms with Crippen LogP contribution in [0.3, 0.4) is 0 Å². The Kier molecular flexibility index (Phi) is 2.75. The molecule has 0 bridgehead atoms. The molecule has 2 rings (SSSR count). The highest BCUT2D eigenvalue weighted by Crippen LogP contribution is 2.25. The van der Waals surface area contributed by atoms with Crippen LogP contribution in [0.4, 0.5) is 0 Å². The second-order valence-corrected chi connectivity index (χ2v) is 3.71. The molecule has 1 aromatic carbocycles. The van der Waals surface area contributed by atoms with E-state index in [-0.39, 0.29) is 5.56 Å². The van der Waals surface area contributed by atoms with E-state index in [4.69, 9.17) is 23.2 Å². The van der Waals surface area contributed by atoms with E-state index in [9.17, 15) is 4.79 Å². The van der Waals surface area contributed by atoms with Crippen LogP contribution in [0.25, 0.3) is 11.3 Å². The number of halogens is 2. The van der Waals surface area contributed by atoms with Gasteiger partial charge in [-0.2, -0.15) is 0 Å². The van der Waals surface area contributed by atoms with Gasteiger partial charge >= 0.3 is 0 Å². The molecule has 0 saturated heterocycles. The van der Waals surface area contributed by atoms with Gasteiger partial charge in [-0.3, -0.25) is 4.79 Å². The molecule has 2 aromatic rings. The molecule has 0 atom stereocenters. The zero-order chi connectivity index (χ0) is 10.8. The number of nitrogens with zero attached hydrogens (tertiary/aromatic N) is 1.